The molecule has 1 atom stereocenters. The van der Waals surface area contributed by atoms with E-state index < -0.39 is 23.6 Å². The molecule has 7 heteroatoms. The molecule has 0 radical (unpaired) electrons. The summed E-state index contributed by atoms with van der Waals surface area (Å²) in [4.78, 5) is 39.3. The van der Waals surface area contributed by atoms with Crippen molar-refractivity contribution in [3.63, 3.8) is 0 Å². The van der Waals surface area contributed by atoms with E-state index in [1.165, 1.54) is 4.90 Å². The molecule has 2 N–H and O–H groups in total. The summed E-state index contributed by atoms with van der Waals surface area (Å²) in [7, 11) is 0. The van der Waals surface area contributed by atoms with Crippen molar-refractivity contribution >= 4 is 18.0 Å². The maximum atomic E-state index is 13.2. The third-order valence-electron chi connectivity index (χ3n) is 7.42. The van der Waals surface area contributed by atoms with Gasteiger partial charge in [-0.3, -0.25) is 4.79 Å². The Hall–Kier alpha value is -3.35. The number of hydrogen-bond acceptors (Lipinski definition) is 4. The molecule has 3 fully saturated rings. The van der Waals surface area contributed by atoms with Crippen LogP contribution in [0.1, 0.15) is 43.7 Å². The summed E-state index contributed by atoms with van der Waals surface area (Å²) in [6.07, 6.45) is 0.313. The van der Waals surface area contributed by atoms with Gasteiger partial charge in [-0.2, -0.15) is 0 Å². The average Bonchev–Trinajstić information content (AvgIpc) is 3.44. The Morgan fingerprint density at radius 1 is 1.06 bits per heavy atom. The zero-order valence-electron chi connectivity index (χ0n) is 18.8. The molecule has 33 heavy (non-hydrogen) atoms. The van der Waals surface area contributed by atoms with Gasteiger partial charge >= 0.3 is 12.1 Å². The number of rotatable bonds is 6. The summed E-state index contributed by atoms with van der Waals surface area (Å²) in [6.45, 7) is 4.25. The summed E-state index contributed by atoms with van der Waals surface area (Å²) >= 11 is 0. The molecular formula is C26H28N2O5. The minimum atomic E-state index is -1.11. The number of hydrogen-bond donors (Lipinski definition) is 2. The van der Waals surface area contributed by atoms with E-state index in [-0.39, 0.29) is 30.3 Å². The third-order valence-corrected chi connectivity index (χ3v) is 7.42. The molecular weight excluding hydrogens is 420 g/mol. The SMILES string of the molecule is CC(C)[C@H](NC(=O)OCC1c2ccccc2-c2ccccc21)C(=O)N1CC2CC1(C(=O)O)C2. The molecule has 1 saturated carbocycles. The van der Waals surface area contributed by atoms with E-state index in [9.17, 15) is 19.5 Å². The molecule has 0 spiro atoms. The van der Waals surface area contributed by atoms with Gasteiger partial charge in [0.05, 0.1) is 0 Å². The first-order chi connectivity index (χ1) is 15.8. The van der Waals surface area contributed by atoms with E-state index in [0.29, 0.717) is 19.4 Å². The van der Waals surface area contributed by atoms with Crippen LogP contribution in [0.2, 0.25) is 0 Å². The van der Waals surface area contributed by atoms with Crippen molar-refractivity contribution in [2.75, 3.05) is 13.2 Å². The second-order valence-electron chi connectivity index (χ2n) is 9.75. The molecule has 2 heterocycles. The van der Waals surface area contributed by atoms with Crippen LogP contribution in [0.5, 0.6) is 0 Å². The Bertz CT molecular complexity index is 1080. The molecule has 2 aromatic carbocycles. The molecule has 2 amide bonds. The first-order valence-electron chi connectivity index (χ1n) is 11.5. The number of nitrogens with zero attached hydrogens (tertiary/aromatic N) is 1. The molecule has 0 unspecified atom stereocenters. The number of carboxylic acids is 1. The standard InChI is InChI=1S/C26H28N2O5/c1-15(2)22(23(29)28-13-16-11-26(28,12-16)24(30)31)27-25(32)33-14-21-19-9-5-3-7-17(19)18-8-4-6-10-20(18)21/h3-10,15-16,21-22H,11-14H2,1-2H3,(H,27,32)(H,30,31)/t16?,22-,26?/m0/s1. The topological polar surface area (TPSA) is 95.9 Å². The van der Waals surface area contributed by atoms with Gasteiger partial charge in [0.25, 0.3) is 0 Å². The summed E-state index contributed by atoms with van der Waals surface area (Å²) in [6, 6.07) is 15.3. The van der Waals surface area contributed by atoms with Crippen LogP contribution >= 0.6 is 0 Å². The molecule has 172 valence electrons. The predicted octanol–water partition coefficient (Wildman–Crippen LogP) is 3.63. The third kappa shape index (κ3) is 3.37. The second kappa shape index (κ2) is 7.90. The fourth-order valence-corrected chi connectivity index (χ4v) is 5.72. The lowest BCUT2D eigenvalue weighted by molar-refractivity contribution is -0.159. The van der Waals surface area contributed by atoms with Crippen LogP contribution in [-0.4, -0.2) is 52.7 Å². The van der Waals surface area contributed by atoms with Crippen molar-refractivity contribution in [3.8, 4) is 11.1 Å². The van der Waals surface area contributed by atoms with Gasteiger partial charge in [0, 0.05) is 12.5 Å². The molecule has 0 aromatic heterocycles. The highest BCUT2D eigenvalue weighted by Gasteiger charge is 2.63. The molecule has 7 nitrogen and oxygen atoms in total. The van der Waals surface area contributed by atoms with Crippen LogP contribution in [0.3, 0.4) is 0 Å². The van der Waals surface area contributed by atoms with Gasteiger partial charge in [-0.05, 0) is 46.9 Å². The van der Waals surface area contributed by atoms with Crippen molar-refractivity contribution in [2.45, 2.75) is 44.2 Å². The quantitative estimate of drug-likeness (QED) is 0.704. The average molecular weight is 449 g/mol. The van der Waals surface area contributed by atoms with E-state index >= 15 is 0 Å². The number of fused-ring (bicyclic) bond motifs is 4. The van der Waals surface area contributed by atoms with Crippen LogP contribution in [-0.2, 0) is 14.3 Å². The summed E-state index contributed by atoms with van der Waals surface area (Å²) in [5.41, 5.74) is 3.40. The molecule has 2 saturated heterocycles. The predicted molar refractivity (Wildman–Crippen MR) is 122 cm³/mol. The largest absolute Gasteiger partial charge is 0.479 e. The van der Waals surface area contributed by atoms with Gasteiger partial charge in [0.15, 0.2) is 0 Å². The molecule has 4 aliphatic rings. The highest BCUT2D eigenvalue weighted by molar-refractivity contribution is 5.93. The number of aliphatic carboxylic acids is 1. The minimum absolute atomic E-state index is 0.0718. The zero-order chi connectivity index (χ0) is 23.3. The maximum absolute atomic E-state index is 13.2. The smallest absolute Gasteiger partial charge is 0.407 e. The van der Waals surface area contributed by atoms with Gasteiger partial charge in [0.1, 0.15) is 18.2 Å². The Kier molecular flexibility index (Phi) is 5.15. The summed E-state index contributed by atoms with van der Waals surface area (Å²) in [5.74, 6) is -1.36. The molecule has 6 rings (SSSR count). The number of nitrogens with one attached hydrogen (secondary N) is 1. The first-order valence-corrected chi connectivity index (χ1v) is 11.5. The van der Waals surface area contributed by atoms with Crippen LogP contribution in [0, 0.1) is 11.8 Å². The lowest BCUT2D eigenvalue weighted by atomic mass is 9.73. The van der Waals surface area contributed by atoms with Crippen molar-refractivity contribution in [2.24, 2.45) is 11.8 Å². The number of amides is 2. The normalized spacial score (nSPS) is 23.5. The van der Waals surface area contributed by atoms with Crippen molar-refractivity contribution in [1.82, 2.24) is 10.2 Å². The second-order valence-corrected chi connectivity index (χ2v) is 9.75. The lowest BCUT2D eigenvalue weighted by Gasteiger charge is -2.39. The lowest BCUT2D eigenvalue weighted by Crippen LogP contribution is -2.59. The summed E-state index contributed by atoms with van der Waals surface area (Å²) < 4.78 is 5.61. The van der Waals surface area contributed by atoms with Gasteiger partial charge in [-0.25, -0.2) is 9.59 Å². The van der Waals surface area contributed by atoms with E-state index in [1.54, 1.807) is 0 Å². The highest BCUT2D eigenvalue weighted by atomic mass is 16.5. The number of carbonyl (C=O) groups excluding carboxylic acids is 2. The van der Waals surface area contributed by atoms with Crippen LogP contribution in [0.15, 0.2) is 48.5 Å². The van der Waals surface area contributed by atoms with E-state index in [2.05, 4.69) is 17.4 Å². The maximum Gasteiger partial charge on any atom is 0.407 e. The molecule has 2 aromatic rings. The Labute approximate surface area is 192 Å². The minimum Gasteiger partial charge on any atom is -0.479 e. The number of carboxylic acid groups (broad SMARTS) is 1. The van der Waals surface area contributed by atoms with E-state index in [4.69, 9.17) is 4.74 Å². The van der Waals surface area contributed by atoms with Crippen LogP contribution < -0.4 is 5.32 Å². The first kappa shape index (κ1) is 21.5. The number of ether oxygens (including phenoxy) is 1. The van der Waals surface area contributed by atoms with Gasteiger partial charge in [-0.1, -0.05) is 62.4 Å². The molecule has 2 aliphatic heterocycles. The Morgan fingerprint density at radius 3 is 2.18 bits per heavy atom. The van der Waals surface area contributed by atoms with Gasteiger partial charge < -0.3 is 20.1 Å². The zero-order valence-corrected chi connectivity index (χ0v) is 18.8. The fourth-order valence-electron chi connectivity index (χ4n) is 5.72. The fraction of sp³-hybridized carbons (Fsp3) is 0.423. The number of alkyl carbamates (subject to hydrolysis) is 1. The van der Waals surface area contributed by atoms with Crippen LogP contribution in [0.25, 0.3) is 11.1 Å². The van der Waals surface area contributed by atoms with E-state index in [1.807, 2.05) is 50.2 Å². The van der Waals surface area contributed by atoms with Gasteiger partial charge in [0.2, 0.25) is 5.91 Å². The Balaban J connectivity index is 1.28. The molecule has 2 bridgehead atoms. The molecule has 2 aliphatic carbocycles. The van der Waals surface area contributed by atoms with E-state index in [0.717, 1.165) is 22.3 Å². The highest BCUT2D eigenvalue weighted by Crippen LogP contribution is 2.51. The number of benzene rings is 2. The Morgan fingerprint density at radius 2 is 1.64 bits per heavy atom. The van der Waals surface area contributed by atoms with Crippen molar-refractivity contribution in [3.05, 3.63) is 59.7 Å². The number of carbonyl (C=O) groups is 3. The van der Waals surface area contributed by atoms with Crippen LogP contribution in [0.4, 0.5) is 4.79 Å². The van der Waals surface area contributed by atoms with Crippen molar-refractivity contribution < 1.29 is 24.2 Å². The van der Waals surface area contributed by atoms with Gasteiger partial charge in [-0.15, -0.1) is 0 Å². The monoisotopic (exact) mass is 448 g/mol. The van der Waals surface area contributed by atoms with Crippen molar-refractivity contribution in [1.29, 1.82) is 0 Å². The summed E-state index contributed by atoms with van der Waals surface area (Å²) in [5, 5.41) is 12.4.